The third-order valence-electron chi connectivity index (χ3n) is 4.36. The minimum atomic E-state index is -0.909. The van der Waals surface area contributed by atoms with Gasteiger partial charge >= 0.3 is 0 Å². The maximum absolute atomic E-state index is 11.1. The van der Waals surface area contributed by atoms with E-state index in [0.29, 0.717) is 16.6 Å². The zero-order valence-electron chi connectivity index (χ0n) is 10.5. The maximum Gasteiger partial charge on any atom is 0.0962 e. The molecule has 18 heavy (non-hydrogen) atoms. The summed E-state index contributed by atoms with van der Waals surface area (Å²) < 4.78 is 0. The zero-order chi connectivity index (χ0) is 13.4. The Hall–Kier alpha value is -0.280. The van der Waals surface area contributed by atoms with Crippen molar-refractivity contribution in [1.82, 2.24) is 0 Å². The molecule has 0 bridgehead atoms. The molecule has 0 aromatic heterocycles. The fraction of sp³-hybridized carbons (Fsp3) is 0.571. The number of nitrogens with two attached hydrogens (primary N) is 1. The van der Waals surface area contributed by atoms with Crippen LogP contribution in [0.4, 0.5) is 0 Å². The van der Waals surface area contributed by atoms with E-state index in [4.69, 9.17) is 28.9 Å². The summed E-state index contributed by atoms with van der Waals surface area (Å²) in [6.07, 6.45) is 3.77. The van der Waals surface area contributed by atoms with Gasteiger partial charge in [0.05, 0.1) is 15.6 Å². The van der Waals surface area contributed by atoms with Crippen molar-refractivity contribution in [2.75, 3.05) is 6.54 Å². The lowest BCUT2D eigenvalue weighted by Crippen LogP contribution is -2.50. The zero-order valence-corrected chi connectivity index (χ0v) is 12.1. The van der Waals surface area contributed by atoms with Crippen LogP contribution >= 0.6 is 23.2 Å². The van der Waals surface area contributed by atoms with E-state index in [1.165, 1.54) is 0 Å². The average molecular weight is 288 g/mol. The lowest BCUT2D eigenvalue weighted by molar-refractivity contribution is -0.108. The minimum absolute atomic E-state index is 0.303. The van der Waals surface area contributed by atoms with Gasteiger partial charge in [0, 0.05) is 12.0 Å². The van der Waals surface area contributed by atoms with Gasteiger partial charge < -0.3 is 10.8 Å². The molecule has 100 valence electrons. The molecule has 0 aliphatic heterocycles. The molecule has 0 spiro atoms. The fourth-order valence-corrected chi connectivity index (χ4v) is 3.22. The molecule has 1 aromatic carbocycles. The van der Waals surface area contributed by atoms with Gasteiger partial charge in [-0.05, 0) is 30.5 Å². The van der Waals surface area contributed by atoms with Gasteiger partial charge in [0.25, 0.3) is 0 Å². The Labute approximate surface area is 118 Å². The standard InChI is InChI=1S/C14H19Cl2NO/c1-13(9-17)6-2-3-7-14(13,18)10-4-5-11(15)12(16)8-10/h4-5,8,18H,2-3,6-7,9,17H2,1H3/t13-,14+/m0/s1. The highest BCUT2D eigenvalue weighted by Gasteiger charge is 2.48. The minimum Gasteiger partial charge on any atom is -0.385 e. The first-order valence-corrected chi connectivity index (χ1v) is 7.06. The van der Waals surface area contributed by atoms with Crippen molar-refractivity contribution < 1.29 is 5.11 Å². The molecule has 0 heterocycles. The van der Waals surface area contributed by atoms with Crippen LogP contribution < -0.4 is 5.73 Å². The molecule has 0 radical (unpaired) electrons. The number of hydrogen-bond donors (Lipinski definition) is 2. The van der Waals surface area contributed by atoms with Crippen molar-refractivity contribution in [2.45, 2.75) is 38.2 Å². The van der Waals surface area contributed by atoms with Gasteiger partial charge in [-0.15, -0.1) is 0 Å². The monoisotopic (exact) mass is 287 g/mol. The van der Waals surface area contributed by atoms with Crippen LogP contribution in [0, 0.1) is 5.41 Å². The van der Waals surface area contributed by atoms with Crippen molar-refractivity contribution in [1.29, 1.82) is 0 Å². The van der Waals surface area contributed by atoms with Gasteiger partial charge in [0.1, 0.15) is 0 Å². The summed E-state index contributed by atoms with van der Waals surface area (Å²) in [5, 5.41) is 12.1. The van der Waals surface area contributed by atoms with E-state index in [-0.39, 0.29) is 5.41 Å². The Morgan fingerprint density at radius 3 is 2.50 bits per heavy atom. The molecule has 2 rings (SSSR count). The quantitative estimate of drug-likeness (QED) is 0.871. The molecular weight excluding hydrogens is 269 g/mol. The Balaban J connectivity index is 2.47. The molecule has 1 aliphatic carbocycles. The third-order valence-corrected chi connectivity index (χ3v) is 5.10. The number of aliphatic hydroxyl groups is 1. The highest BCUT2D eigenvalue weighted by Crippen LogP contribution is 2.50. The van der Waals surface area contributed by atoms with Crippen LogP contribution in [0.25, 0.3) is 0 Å². The van der Waals surface area contributed by atoms with Crippen molar-refractivity contribution >= 4 is 23.2 Å². The predicted molar refractivity (Wildman–Crippen MR) is 76.0 cm³/mol. The highest BCUT2D eigenvalue weighted by molar-refractivity contribution is 6.42. The van der Waals surface area contributed by atoms with Crippen molar-refractivity contribution in [2.24, 2.45) is 11.1 Å². The number of rotatable bonds is 2. The molecule has 1 fully saturated rings. The van der Waals surface area contributed by atoms with Crippen molar-refractivity contribution in [3.63, 3.8) is 0 Å². The van der Waals surface area contributed by atoms with Gasteiger partial charge in [0.2, 0.25) is 0 Å². The summed E-state index contributed by atoms with van der Waals surface area (Å²) in [7, 11) is 0. The van der Waals surface area contributed by atoms with Gasteiger partial charge in [-0.25, -0.2) is 0 Å². The summed E-state index contributed by atoms with van der Waals surface area (Å²) in [6.45, 7) is 2.51. The summed E-state index contributed by atoms with van der Waals surface area (Å²) in [5.41, 5.74) is 5.51. The lowest BCUT2D eigenvalue weighted by Gasteiger charge is -2.48. The first-order valence-electron chi connectivity index (χ1n) is 6.31. The average Bonchev–Trinajstić information content (AvgIpc) is 2.36. The molecule has 2 nitrogen and oxygen atoms in total. The van der Waals surface area contributed by atoms with Crippen LogP contribution in [0.1, 0.15) is 38.2 Å². The van der Waals surface area contributed by atoms with E-state index in [1.54, 1.807) is 12.1 Å². The summed E-state index contributed by atoms with van der Waals surface area (Å²) in [5.74, 6) is 0. The van der Waals surface area contributed by atoms with Crippen LogP contribution in [-0.2, 0) is 5.60 Å². The molecule has 1 aromatic rings. The first kappa shape index (κ1) is 14.1. The van der Waals surface area contributed by atoms with Gasteiger partial charge in [0.15, 0.2) is 0 Å². The van der Waals surface area contributed by atoms with E-state index >= 15 is 0 Å². The second-order valence-corrected chi connectivity index (χ2v) is 6.28. The fourth-order valence-electron chi connectivity index (χ4n) is 2.92. The maximum atomic E-state index is 11.1. The first-order chi connectivity index (χ1) is 8.43. The Bertz CT molecular complexity index is 451. The van der Waals surface area contributed by atoms with Gasteiger partial charge in [-0.2, -0.15) is 0 Å². The van der Waals surface area contributed by atoms with Gasteiger partial charge in [-0.3, -0.25) is 0 Å². The van der Waals surface area contributed by atoms with E-state index in [0.717, 1.165) is 31.2 Å². The van der Waals surface area contributed by atoms with Crippen LogP contribution in [-0.4, -0.2) is 11.7 Å². The number of hydrogen-bond acceptors (Lipinski definition) is 2. The van der Waals surface area contributed by atoms with Crippen LogP contribution in [0.5, 0.6) is 0 Å². The SMILES string of the molecule is C[C@@]1(CN)CCCC[C@@]1(O)c1ccc(Cl)c(Cl)c1. The molecule has 1 saturated carbocycles. The second kappa shape index (κ2) is 5.01. The molecule has 0 unspecified atom stereocenters. The molecule has 1 aliphatic rings. The Kier molecular flexibility index (Phi) is 3.93. The number of benzene rings is 1. The Morgan fingerprint density at radius 2 is 1.89 bits per heavy atom. The molecule has 0 amide bonds. The molecule has 2 atom stereocenters. The largest absolute Gasteiger partial charge is 0.385 e. The summed E-state index contributed by atoms with van der Waals surface area (Å²) >= 11 is 12.0. The molecule has 0 saturated heterocycles. The number of halogens is 2. The van der Waals surface area contributed by atoms with E-state index in [1.807, 2.05) is 6.07 Å². The molecular formula is C14H19Cl2NO. The third kappa shape index (κ3) is 2.16. The van der Waals surface area contributed by atoms with Crippen molar-refractivity contribution in [3.05, 3.63) is 33.8 Å². The van der Waals surface area contributed by atoms with Crippen LogP contribution in [0.15, 0.2) is 18.2 Å². The normalized spacial score (nSPS) is 32.5. The topological polar surface area (TPSA) is 46.2 Å². The summed E-state index contributed by atoms with van der Waals surface area (Å²) in [6, 6.07) is 5.36. The van der Waals surface area contributed by atoms with E-state index in [2.05, 4.69) is 6.92 Å². The van der Waals surface area contributed by atoms with Crippen molar-refractivity contribution in [3.8, 4) is 0 Å². The second-order valence-electron chi connectivity index (χ2n) is 5.46. The predicted octanol–water partition coefficient (Wildman–Crippen LogP) is 3.72. The molecule has 3 N–H and O–H groups in total. The summed E-state index contributed by atoms with van der Waals surface area (Å²) in [4.78, 5) is 0. The smallest absolute Gasteiger partial charge is 0.0962 e. The highest BCUT2D eigenvalue weighted by atomic mass is 35.5. The molecule has 4 heteroatoms. The van der Waals surface area contributed by atoms with Crippen LogP contribution in [0.2, 0.25) is 10.0 Å². The van der Waals surface area contributed by atoms with E-state index in [9.17, 15) is 5.11 Å². The Morgan fingerprint density at radius 1 is 1.22 bits per heavy atom. The lowest BCUT2D eigenvalue weighted by atomic mass is 9.61. The van der Waals surface area contributed by atoms with Crippen LogP contribution in [0.3, 0.4) is 0 Å². The van der Waals surface area contributed by atoms with Gasteiger partial charge in [-0.1, -0.05) is 49.0 Å². The van der Waals surface area contributed by atoms with E-state index < -0.39 is 5.60 Å².